The monoisotopic (exact) mass is 397 g/mol. The third-order valence-electron chi connectivity index (χ3n) is 3.06. The molecule has 0 spiro atoms. The van der Waals surface area contributed by atoms with E-state index in [2.05, 4.69) is 21.2 Å². The Bertz CT molecular complexity index is 687. The molecule has 1 aromatic heterocycles. The van der Waals surface area contributed by atoms with Crippen LogP contribution in [0.4, 0.5) is 0 Å². The van der Waals surface area contributed by atoms with Gasteiger partial charge in [0.1, 0.15) is 5.75 Å². The SMILES string of the molecule is COc1ccc(C(=O)O[C@@H](C)C(=O)NCc2cccs2)cc1Br. The van der Waals surface area contributed by atoms with Gasteiger partial charge in [-0.05, 0) is 52.5 Å². The van der Waals surface area contributed by atoms with Crippen molar-refractivity contribution in [1.82, 2.24) is 5.32 Å². The number of carbonyl (C=O) groups is 2. The average Bonchev–Trinajstić information content (AvgIpc) is 3.05. The van der Waals surface area contributed by atoms with Gasteiger partial charge in [0.05, 0.1) is 23.7 Å². The predicted octanol–water partition coefficient (Wildman–Crippen LogP) is 3.38. The number of amides is 1. The highest BCUT2D eigenvalue weighted by atomic mass is 79.9. The van der Waals surface area contributed by atoms with E-state index in [1.807, 2.05) is 17.5 Å². The van der Waals surface area contributed by atoms with Gasteiger partial charge in [-0.1, -0.05) is 6.07 Å². The number of ether oxygens (including phenoxy) is 2. The maximum atomic E-state index is 12.1. The maximum absolute atomic E-state index is 12.1. The van der Waals surface area contributed by atoms with Crippen LogP contribution in [0.25, 0.3) is 0 Å². The van der Waals surface area contributed by atoms with Crippen molar-refractivity contribution in [3.8, 4) is 5.75 Å². The Morgan fingerprint density at radius 2 is 2.13 bits per heavy atom. The summed E-state index contributed by atoms with van der Waals surface area (Å²) >= 11 is 4.86. The molecular formula is C16H16BrNO4S. The molecule has 0 aliphatic carbocycles. The molecule has 2 aromatic rings. The number of carbonyl (C=O) groups excluding carboxylic acids is 2. The van der Waals surface area contributed by atoms with Gasteiger partial charge in [-0.2, -0.15) is 0 Å². The van der Waals surface area contributed by atoms with E-state index in [1.165, 1.54) is 7.11 Å². The molecule has 7 heteroatoms. The largest absolute Gasteiger partial charge is 0.496 e. The fourth-order valence-corrected chi connectivity index (χ4v) is 2.99. The summed E-state index contributed by atoms with van der Waals surface area (Å²) in [5.74, 6) is -0.283. The summed E-state index contributed by atoms with van der Waals surface area (Å²) < 4.78 is 10.9. The van der Waals surface area contributed by atoms with Crippen LogP contribution in [0.2, 0.25) is 0 Å². The predicted molar refractivity (Wildman–Crippen MR) is 91.7 cm³/mol. The third-order valence-corrected chi connectivity index (χ3v) is 4.55. The Morgan fingerprint density at radius 3 is 2.74 bits per heavy atom. The van der Waals surface area contributed by atoms with Crippen molar-refractivity contribution in [2.24, 2.45) is 0 Å². The van der Waals surface area contributed by atoms with Gasteiger partial charge in [0.15, 0.2) is 6.10 Å². The fourth-order valence-electron chi connectivity index (χ4n) is 1.81. The van der Waals surface area contributed by atoms with Crippen molar-refractivity contribution < 1.29 is 19.1 Å². The summed E-state index contributed by atoms with van der Waals surface area (Å²) in [6, 6.07) is 8.68. The highest BCUT2D eigenvalue weighted by molar-refractivity contribution is 9.10. The highest BCUT2D eigenvalue weighted by Gasteiger charge is 2.19. The van der Waals surface area contributed by atoms with Crippen LogP contribution in [-0.2, 0) is 16.1 Å². The second-order valence-corrected chi connectivity index (χ2v) is 6.58. The average molecular weight is 398 g/mol. The molecule has 0 fully saturated rings. The summed E-state index contributed by atoms with van der Waals surface area (Å²) in [5.41, 5.74) is 0.343. The number of benzene rings is 1. The highest BCUT2D eigenvalue weighted by Crippen LogP contribution is 2.25. The van der Waals surface area contributed by atoms with E-state index >= 15 is 0 Å². The van der Waals surface area contributed by atoms with E-state index in [-0.39, 0.29) is 5.91 Å². The van der Waals surface area contributed by atoms with E-state index in [0.29, 0.717) is 22.3 Å². The first-order valence-corrected chi connectivity index (χ1v) is 8.53. The first-order valence-electron chi connectivity index (χ1n) is 6.86. The lowest BCUT2D eigenvalue weighted by atomic mass is 10.2. The number of hydrogen-bond donors (Lipinski definition) is 1. The van der Waals surface area contributed by atoms with E-state index in [9.17, 15) is 9.59 Å². The quantitative estimate of drug-likeness (QED) is 0.758. The normalized spacial score (nSPS) is 11.6. The van der Waals surface area contributed by atoms with Crippen LogP contribution >= 0.6 is 27.3 Å². The zero-order valence-electron chi connectivity index (χ0n) is 12.7. The van der Waals surface area contributed by atoms with Gasteiger partial charge in [-0.25, -0.2) is 4.79 Å². The molecule has 2 rings (SSSR count). The smallest absolute Gasteiger partial charge is 0.338 e. The van der Waals surface area contributed by atoms with Crippen LogP contribution in [0.1, 0.15) is 22.2 Å². The fraction of sp³-hybridized carbons (Fsp3) is 0.250. The Balaban J connectivity index is 1.90. The third kappa shape index (κ3) is 4.80. The van der Waals surface area contributed by atoms with E-state index in [0.717, 1.165) is 4.88 Å². The molecule has 1 atom stereocenters. The van der Waals surface area contributed by atoms with Crippen molar-refractivity contribution >= 4 is 39.1 Å². The zero-order chi connectivity index (χ0) is 16.8. The minimum Gasteiger partial charge on any atom is -0.496 e. The minimum absolute atomic E-state index is 0.334. The van der Waals surface area contributed by atoms with Gasteiger partial charge in [-0.3, -0.25) is 4.79 Å². The van der Waals surface area contributed by atoms with Crippen LogP contribution < -0.4 is 10.1 Å². The number of thiophene rings is 1. The summed E-state index contributed by atoms with van der Waals surface area (Å²) in [6.45, 7) is 1.96. The number of hydrogen-bond acceptors (Lipinski definition) is 5. The van der Waals surface area contributed by atoms with Gasteiger partial charge >= 0.3 is 5.97 Å². The molecule has 23 heavy (non-hydrogen) atoms. The molecule has 1 N–H and O–H groups in total. The number of halogens is 1. The van der Waals surface area contributed by atoms with Crippen LogP contribution in [0.15, 0.2) is 40.2 Å². The van der Waals surface area contributed by atoms with Gasteiger partial charge < -0.3 is 14.8 Å². The molecule has 1 heterocycles. The van der Waals surface area contributed by atoms with Crippen LogP contribution in [0, 0.1) is 0 Å². The lowest BCUT2D eigenvalue weighted by Crippen LogP contribution is -2.35. The van der Waals surface area contributed by atoms with E-state index < -0.39 is 12.1 Å². The summed E-state index contributed by atoms with van der Waals surface area (Å²) in [7, 11) is 1.54. The topological polar surface area (TPSA) is 64.6 Å². The van der Waals surface area contributed by atoms with Gasteiger partial charge in [0.25, 0.3) is 5.91 Å². The van der Waals surface area contributed by atoms with E-state index in [4.69, 9.17) is 9.47 Å². The van der Waals surface area contributed by atoms with Crippen molar-refractivity contribution in [3.63, 3.8) is 0 Å². The standard InChI is InChI=1S/C16H16BrNO4S/c1-10(15(19)18-9-12-4-3-7-23-12)22-16(20)11-5-6-14(21-2)13(17)8-11/h3-8,10H,9H2,1-2H3,(H,18,19)/t10-/m0/s1. The zero-order valence-corrected chi connectivity index (χ0v) is 15.1. The van der Waals surface area contributed by atoms with Crippen molar-refractivity contribution in [2.75, 3.05) is 7.11 Å². The molecule has 0 aliphatic heterocycles. The molecule has 1 amide bonds. The maximum Gasteiger partial charge on any atom is 0.338 e. The van der Waals surface area contributed by atoms with Gasteiger partial charge in [0, 0.05) is 4.88 Å². The number of methoxy groups -OCH3 is 1. The molecule has 0 radical (unpaired) electrons. The number of nitrogens with one attached hydrogen (secondary N) is 1. The molecule has 0 saturated heterocycles. The first-order chi connectivity index (χ1) is 11.0. The first kappa shape index (κ1) is 17.5. The van der Waals surface area contributed by atoms with Crippen LogP contribution in [-0.4, -0.2) is 25.1 Å². The molecule has 0 aliphatic rings. The molecule has 122 valence electrons. The van der Waals surface area contributed by atoms with E-state index in [1.54, 1.807) is 36.5 Å². The van der Waals surface area contributed by atoms with Crippen molar-refractivity contribution in [2.45, 2.75) is 19.6 Å². The Morgan fingerprint density at radius 1 is 1.35 bits per heavy atom. The van der Waals surface area contributed by atoms with Crippen molar-refractivity contribution in [3.05, 3.63) is 50.6 Å². The second kappa shape index (κ2) is 8.12. The molecular weight excluding hydrogens is 382 g/mol. The molecule has 0 bridgehead atoms. The lowest BCUT2D eigenvalue weighted by Gasteiger charge is -2.13. The number of esters is 1. The molecule has 0 saturated carbocycles. The van der Waals surface area contributed by atoms with Crippen LogP contribution in [0.5, 0.6) is 5.75 Å². The Hall–Kier alpha value is -1.86. The number of rotatable bonds is 6. The molecule has 1 aromatic carbocycles. The molecule has 5 nitrogen and oxygen atoms in total. The lowest BCUT2D eigenvalue weighted by molar-refractivity contribution is -0.129. The summed E-state index contributed by atoms with van der Waals surface area (Å²) in [5, 5.41) is 4.67. The summed E-state index contributed by atoms with van der Waals surface area (Å²) in [6.07, 6.45) is -0.872. The van der Waals surface area contributed by atoms with Crippen molar-refractivity contribution in [1.29, 1.82) is 0 Å². The Kier molecular flexibility index (Phi) is 6.18. The van der Waals surface area contributed by atoms with Gasteiger partial charge in [-0.15, -0.1) is 11.3 Å². The minimum atomic E-state index is -0.872. The van der Waals surface area contributed by atoms with Gasteiger partial charge in [0.2, 0.25) is 0 Å². The Labute approximate surface area is 146 Å². The summed E-state index contributed by atoms with van der Waals surface area (Å²) in [4.78, 5) is 25.1. The van der Waals surface area contributed by atoms with Crippen LogP contribution in [0.3, 0.4) is 0 Å². The molecule has 0 unspecified atom stereocenters. The second-order valence-electron chi connectivity index (χ2n) is 4.69.